The van der Waals surface area contributed by atoms with E-state index < -0.39 is 20.8 Å². The van der Waals surface area contributed by atoms with Crippen molar-refractivity contribution in [3.63, 3.8) is 0 Å². The van der Waals surface area contributed by atoms with Crippen LogP contribution in [0, 0.1) is 13.8 Å². The molecule has 1 saturated heterocycles. The molecule has 0 bridgehead atoms. The minimum absolute atomic E-state index is 0.0966. The van der Waals surface area contributed by atoms with Crippen LogP contribution < -0.4 is 18.9 Å². The summed E-state index contributed by atoms with van der Waals surface area (Å²) in [4.78, 5) is 11.9. The fourth-order valence-corrected chi connectivity index (χ4v) is 7.87. The molecule has 3 aromatic carbocycles. The summed E-state index contributed by atoms with van der Waals surface area (Å²) in [5.74, 6) is 2.16. The van der Waals surface area contributed by atoms with E-state index in [1.54, 1.807) is 24.3 Å². The number of nitrogens with one attached hydrogen (secondary N) is 1. The maximum Gasteiger partial charge on any atom is 0.257 e. The smallest absolute Gasteiger partial charge is 0.257 e. The van der Waals surface area contributed by atoms with Crippen molar-refractivity contribution in [2.24, 2.45) is 0 Å². The van der Waals surface area contributed by atoms with Gasteiger partial charge in [0.2, 0.25) is 0 Å². The number of carbonyl (C=O) groups is 1. The fourth-order valence-electron chi connectivity index (χ4n) is 5.51. The van der Waals surface area contributed by atoms with Gasteiger partial charge in [0.25, 0.3) is 5.91 Å². The SMILES string of the molecule is Cc1cc(OC2CCS(=O)(=O)CC2)cc(C)c1-c1cccc2c1OC[C@H]2Oc1ccc(C2=CC(=O)NS2=O)cc1. The Hall–Kier alpha value is -3.63. The normalized spacial score (nSPS) is 21.8. The largest absolute Gasteiger partial charge is 0.490 e. The van der Waals surface area contributed by atoms with Crippen LogP contribution in [0.1, 0.15) is 41.2 Å². The number of carbonyl (C=O) groups excluding carboxylic acids is 1. The average molecular weight is 580 g/mol. The van der Waals surface area contributed by atoms with Crippen LogP contribution in [0.15, 0.2) is 60.7 Å². The summed E-state index contributed by atoms with van der Waals surface area (Å²) in [7, 11) is -4.48. The molecule has 3 aliphatic heterocycles. The van der Waals surface area contributed by atoms with Gasteiger partial charge in [0, 0.05) is 17.2 Å². The second kappa shape index (κ2) is 10.4. The Kier molecular flexibility index (Phi) is 6.92. The first-order valence-corrected chi connectivity index (χ1v) is 16.1. The van der Waals surface area contributed by atoms with Crippen molar-refractivity contribution < 1.29 is 31.6 Å². The minimum atomic E-state index is -2.94. The lowest BCUT2D eigenvalue weighted by atomic mass is 9.93. The third-order valence-corrected chi connectivity index (χ3v) is 10.3. The zero-order valence-corrected chi connectivity index (χ0v) is 23.8. The quantitative estimate of drug-likeness (QED) is 0.456. The first-order valence-electron chi connectivity index (χ1n) is 13.1. The van der Waals surface area contributed by atoms with Crippen LogP contribution in [-0.4, -0.2) is 42.8 Å². The van der Waals surface area contributed by atoms with Gasteiger partial charge in [-0.25, -0.2) is 12.6 Å². The zero-order valence-electron chi connectivity index (χ0n) is 22.1. The molecule has 1 N–H and O–H groups in total. The van der Waals surface area contributed by atoms with Gasteiger partial charge in [-0.1, -0.05) is 30.3 Å². The van der Waals surface area contributed by atoms with E-state index in [9.17, 15) is 17.4 Å². The maximum absolute atomic E-state index is 12.0. The number of amides is 1. The Balaban J connectivity index is 1.20. The van der Waals surface area contributed by atoms with E-state index in [1.165, 1.54) is 6.08 Å². The van der Waals surface area contributed by atoms with Crippen molar-refractivity contribution >= 4 is 31.6 Å². The molecule has 0 radical (unpaired) electrons. The molecule has 208 valence electrons. The fraction of sp³-hybridized carbons (Fsp3) is 0.300. The van der Waals surface area contributed by atoms with Crippen LogP contribution in [0.2, 0.25) is 0 Å². The number of rotatable bonds is 6. The first-order chi connectivity index (χ1) is 19.2. The Morgan fingerprint density at radius 2 is 1.65 bits per heavy atom. The molecule has 1 amide bonds. The van der Waals surface area contributed by atoms with Crippen molar-refractivity contribution in [1.29, 1.82) is 0 Å². The Labute approximate surface area is 235 Å². The Morgan fingerprint density at radius 3 is 2.30 bits per heavy atom. The third-order valence-electron chi connectivity index (χ3n) is 7.42. The van der Waals surface area contributed by atoms with Crippen LogP contribution in [-0.2, 0) is 25.6 Å². The summed E-state index contributed by atoms with van der Waals surface area (Å²) in [6, 6.07) is 17.2. The van der Waals surface area contributed by atoms with Crippen molar-refractivity contribution in [3.05, 3.63) is 82.9 Å². The van der Waals surface area contributed by atoms with Crippen molar-refractivity contribution in [2.45, 2.75) is 38.9 Å². The van der Waals surface area contributed by atoms with Gasteiger partial charge in [0.15, 0.2) is 26.9 Å². The lowest BCUT2D eigenvalue weighted by Crippen LogP contribution is -2.30. The van der Waals surface area contributed by atoms with Crippen molar-refractivity contribution in [3.8, 4) is 28.4 Å². The molecular weight excluding hydrogens is 550 g/mol. The van der Waals surface area contributed by atoms with Gasteiger partial charge in [-0.2, -0.15) is 0 Å². The van der Waals surface area contributed by atoms with Gasteiger partial charge >= 0.3 is 0 Å². The van der Waals surface area contributed by atoms with Gasteiger partial charge < -0.3 is 14.2 Å². The first kappa shape index (κ1) is 26.6. The standard InChI is InChI=1S/C30H29NO7S2/c1-18-14-23(37-22-10-12-40(34,35)13-11-22)15-19(2)29(18)25-5-3-4-24-26(17-36-30(24)25)38-21-8-6-20(7-9-21)27-16-28(32)31-39(27)33/h3-9,14-16,22,26H,10-13,17H2,1-2H3,(H,31,32)/t26-,39?/m1/s1. The molecule has 0 saturated carbocycles. The highest BCUT2D eigenvalue weighted by molar-refractivity contribution is 7.94. The number of aryl methyl sites for hydroxylation is 2. The molecule has 1 unspecified atom stereocenters. The highest BCUT2D eigenvalue weighted by Crippen LogP contribution is 2.45. The second-order valence-corrected chi connectivity index (χ2v) is 13.8. The topological polar surface area (TPSA) is 108 Å². The number of fused-ring (bicyclic) bond motifs is 1. The molecule has 3 aliphatic rings. The summed E-state index contributed by atoms with van der Waals surface area (Å²) >= 11 is 0. The number of hydrogen-bond acceptors (Lipinski definition) is 7. The lowest BCUT2D eigenvalue weighted by molar-refractivity contribution is -0.114. The van der Waals surface area contributed by atoms with Gasteiger partial charge in [0.1, 0.15) is 30.0 Å². The number of benzene rings is 3. The van der Waals surface area contributed by atoms with Crippen LogP contribution in [0.25, 0.3) is 16.0 Å². The molecular formula is C30H29NO7S2. The molecule has 0 aromatic heterocycles. The molecule has 6 rings (SSSR count). The molecule has 3 aromatic rings. The highest BCUT2D eigenvalue weighted by Gasteiger charge is 2.30. The van der Waals surface area contributed by atoms with Crippen LogP contribution in [0.5, 0.6) is 17.2 Å². The van der Waals surface area contributed by atoms with Crippen LogP contribution >= 0.6 is 0 Å². The third kappa shape index (κ3) is 5.25. The Morgan fingerprint density at radius 1 is 0.950 bits per heavy atom. The van der Waals surface area contributed by atoms with E-state index in [0.717, 1.165) is 39.3 Å². The monoisotopic (exact) mass is 579 g/mol. The van der Waals surface area contributed by atoms with Crippen LogP contribution in [0.3, 0.4) is 0 Å². The number of para-hydroxylation sites is 1. The van der Waals surface area contributed by atoms with E-state index in [4.69, 9.17) is 14.2 Å². The predicted octanol–water partition coefficient (Wildman–Crippen LogP) is 4.57. The molecule has 1 fully saturated rings. The summed E-state index contributed by atoms with van der Waals surface area (Å²) in [5.41, 5.74) is 5.79. The van der Waals surface area contributed by atoms with Crippen molar-refractivity contribution in [2.75, 3.05) is 18.1 Å². The lowest BCUT2D eigenvalue weighted by Gasteiger charge is -2.24. The van der Waals surface area contributed by atoms with E-state index in [1.807, 2.05) is 44.2 Å². The van der Waals surface area contributed by atoms with Gasteiger partial charge in [-0.05, 0) is 73.2 Å². The second-order valence-electron chi connectivity index (χ2n) is 10.3. The molecule has 40 heavy (non-hydrogen) atoms. The van der Waals surface area contributed by atoms with E-state index in [0.29, 0.717) is 35.7 Å². The molecule has 0 aliphatic carbocycles. The van der Waals surface area contributed by atoms with E-state index in [2.05, 4.69) is 4.72 Å². The summed E-state index contributed by atoms with van der Waals surface area (Å²) < 4.78 is 56.6. The highest BCUT2D eigenvalue weighted by atomic mass is 32.2. The molecule has 3 heterocycles. The average Bonchev–Trinajstić information content (AvgIpc) is 3.48. The van der Waals surface area contributed by atoms with E-state index in [-0.39, 0.29) is 29.6 Å². The number of ether oxygens (including phenoxy) is 3. The summed E-state index contributed by atoms with van der Waals surface area (Å²) in [6.45, 7) is 4.45. The number of sulfone groups is 1. The minimum Gasteiger partial charge on any atom is -0.490 e. The molecule has 10 heteroatoms. The predicted molar refractivity (Wildman–Crippen MR) is 153 cm³/mol. The molecule has 0 spiro atoms. The summed E-state index contributed by atoms with van der Waals surface area (Å²) in [6.07, 6.45) is 1.98. The molecule has 8 nitrogen and oxygen atoms in total. The van der Waals surface area contributed by atoms with Crippen LogP contribution in [0.4, 0.5) is 0 Å². The number of hydrogen-bond donors (Lipinski definition) is 1. The van der Waals surface area contributed by atoms with Gasteiger partial charge in [0.05, 0.1) is 16.4 Å². The van der Waals surface area contributed by atoms with Gasteiger partial charge in [-0.3, -0.25) is 9.52 Å². The zero-order chi connectivity index (χ0) is 28.0. The maximum atomic E-state index is 12.0. The van der Waals surface area contributed by atoms with Crippen molar-refractivity contribution in [1.82, 2.24) is 4.72 Å². The van der Waals surface area contributed by atoms with Gasteiger partial charge in [-0.15, -0.1) is 0 Å². The molecule has 2 atom stereocenters. The van der Waals surface area contributed by atoms with E-state index >= 15 is 0 Å². The Bertz CT molecular complexity index is 1620. The summed E-state index contributed by atoms with van der Waals surface area (Å²) in [5, 5.41) is 0.